The highest BCUT2D eigenvalue weighted by Crippen LogP contribution is 2.50. The highest BCUT2D eigenvalue weighted by atomic mass is 19.4. The number of aromatic nitrogens is 2. The van der Waals surface area contributed by atoms with Crippen LogP contribution < -0.4 is 9.47 Å². The third kappa shape index (κ3) is 4.21. The minimum atomic E-state index is -4.34. The number of aliphatic hydroxyl groups is 1. The number of ether oxygens (including phenoxy) is 2. The van der Waals surface area contributed by atoms with Crippen LogP contribution in [-0.2, 0) is 18.3 Å². The molecule has 1 aromatic carbocycles. The van der Waals surface area contributed by atoms with Gasteiger partial charge in [-0.25, -0.2) is 4.98 Å². The smallest absolute Gasteiger partial charge is 0.416 e. The number of hydrogen-bond donors (Lipinski definition) is 1. The van der Waals surface area contributed by atoms with Crippen LogP contribution in [0.4, 0.5) is 13.2 Å². The molecule has 1 saturated heterocycles. The molecule has 2 aromatic rings. The Morgan fingerprint density at radius 2 is 1.90 bits per heavy atom. The van der Waals surface area contributed by atoms with E-state index in [2.05, 4.69) is 14.9 Å². The molecular formula is C22H26F3N3O3. The van der Waals surface area contributed by atoms with E-state index in [0.717, 1.165) is 37.1 Å². The fraction of sp³-hybridized carbons (Fsp3) is 0.545. The van der Waals surface area contributed by atoms with E-state index in [1.807, 2.05) is 0 Å². The predicted octanol–water partition coefficient (Wildman–Crippen LogP) is 3.63. The minimum absolute atomic E-state index is 0.0402. The van der Waals surface area contributed by atoms with Crippen LogP contribution >= 0.6 is 0 Å². The fourth-order valence-corrected chi connectivity index (χ4v) is 5.04. The maximum Gasteiger partial charge on any atom is 0.416 e. The molecule has 1 saturated carbocycles. The molecule has 2 aliphatic rings. The molecule has 1 aliphatic carbocycles. The average Bonchev–Trinajstić information content (AvgIpc) is 3.17. The fourth-order valence-electron chi connectivity index (χ4n) is 5.04. The Hall–Kier alpha value is -2.39. The number of rotatable bonds is 5. The summed E-state index contributed by atoms with van der Waals surface area (Å²) in [6, 6.07) is 5.46. The van der Waals surface area contributed by atoms with Crippen molar-refractivity contribution in [1.29, 1.82) is 0 Å². The van der Waals surface area contributed by atoms with E-state index in [0.29, 0.717) is 31.0 Å². The van der Waals surface area contributed by atoms with Crippen LogP contribution in [-0.4, -0.2) is 47.3 Å². The second-order valence-electron chi connectivity index (χ2n) is 8.35. The van der Waals surface area contributed by atoms with Crippen molar-refractivity contribution in [3.05, 3.63) is 47.2 Å². The second-order valence-corrected chi connectivity index (χ2v) is 8.35. The number of halogens is 3. The average molecular weight is 437 g/mol. The van der Waals surface area contributed by atoms with E-state index in [4.69, 9.17) is 9.47 Å². The van der Waals surface area contributed by atoms with Gasteiger partial charge in [0.25, 0.3) is 0 Å². The van der Waals surface area contributed by atoms with Gasteiger partial charge < -0.3 is 14.6 Å². The van der Waals surface area contributed by atoms with Gasteiger partial charge in [0.15, 0.2) is 0 Å². The lowest BCUT2D eigenvalue weighted by atomic mass is 9.68. The van der Waals surface area contributed by atoms with Crippen molar-refractivity contribution in [2.24, 2.45) is 11.8 Å². The van der Waals surface area contributed by atoms with E-state index in [1.165, 1.54) is 26.4 Å². The number of nitrogens with zero attached hydrogens (tertiary/aromatic N) is 3. The molecule has 0 unspecified atom stereocenters. The van der Waals surface area contributed by atoms with Gasteiger partial charge in [0.05, 0.1) is 25.3 Å². The van der Waals surface area contributed by atoms with Crippen LogP contribution in [0.2, 0.25) is 0 Å². The summed E-state index contributed by atoms with van der Waals surface area (Å²) < 4.78 is 48.9. The van der Waals surface area contributed by atoms with Gasteiger partial charge >= 0.3 is 12.2 Å². The zero-order valence-electron chi connectivity index (χ0n) is 17.5. The predicted molar refractivity (Wildman–Crippen MR) is 107 cm³/mol. The van der Waals surface area contributed by atoms with E-state index < -0.39 is 17.3 Å². The molecule has 0 amide bonds. The molecule has 4 rings (SSSR count). The number of alkyl halides is 3. The van der Waals surface area contributed by atoms with Crippen molar-refractivity contribution in [3.8, 4) is 11.9 Å². The van der Waals surface area contributed by atoms with Gasteiger partial charge in [-0.15, -0.1) is 0 Å². The maximum atomic E-state index is 12.8. The monoisotopic (exact) mass is 437 g/mol. The summed E-state index contributed by atoms with van der Waals surface area (Å²) in [6.07, 6.45) is -0.326. The van der Waals surface area contributed by atoms with E-state index in [9.17, 15) is 18.3 Å². The van der Waals surface area contributed by atoms with Crippen molar-refractivity contribution in [3.63, 3.8) is 0 Å². The summed E-state index contributed by atoms with van der Waals surface area (Å²) in [6.45, 7) is 1.96. The Balaban J connectivity index is 1.54. The standard InChI is InChI=1S/C22H26F3N3O3/c1-30-19-17(10-26-20(27-19)31-2)21(29)9-3-4-15-12-28(13-18(15)21)11-14-5-7-16(8-6-14)22(23,24)25/h5-8,10,15,18,29H,3-4,9,11-13H2,1-2H3/t15-,18+,21+/m0/s1. The summed E-state index contributed by atoms with van der Waals surface area (Å²) in [5, 5.41) is 11.7. The molecule has 0 spiro atoms. The van der Waals surface area contributed by atoms with E-state index >= 15 is 0 Å². The number of hydrogen-bond acceptors (Lipinski definition) is 6. The SMILES string of the molecule is COc1ncc([C@]2(O)CCC[C@H]3CN(Cc4ccc(C(F)(F)F)cc4)C[C@H]32)c(OC)n1. The lowest BCUT2D eigenvalue weighted by Gasteiger charge is -2.41. The summed E-state index contributed by atoms with van der Waals surface area (Å²) >= 11 is 0. The molecule has 1 aromatic heterocycles. The van der Waals surface area contributed by atoms with Gasteiger partial charge in [0, 0.05) is 31.7 Å². The summed E-state index contributed by atoms with van der Waals surface area (Å²) in [7, 11) is 2.97. The van der Waals surface area contributed by atoms with Crippen molar-refractivity contribution < 1.29 is 27.8 Å². The lowest BCUT2D eigenvalue weighted by Crippen LogP contribution is -2.43. The minimum Gasteiger partial charge on any atom is -0.481 e. The quantitative estimate of drug-likeness (QED) is 0.771. The molecule has 1 N–H and O–H groups in total. The molecule has 3 atom stereocenters. The van der Waals surface area contributed by atoms with Gasteiger partial charge in [0.2, 0.25) is 5.88 Å². The number of likely N-dealkylation sites (tertiary alicyclic amines) is 1. The largest absolute Gasteiger partial charge is 0.481 e. The van der Waals surface area contributed by atoms with Crippen molar-refractivity contribution in [2.45, 2.75) is 37.6 Å². The third-order valence-corrected chi connectivity index (χ3v) is 6.52. The second kappa shape index (κ2) is 8.27. The Morgan fingerprint density at radius 1 is 1.16 bits per heavy atom. The summed E-state index contributed by atoms with van der Waals surface area (Å²) in [5.74, 6) is 0.540. The normalized spacial score (nSPS) is 26.5. The molecule has 0 radical (unpaired) electrons. The topological polar surface area (TPSA) is 67.7 Å². The molecule has 2 heterocycles. The number of methoxy groups -OCH3 is 2. The van der Waals surface area contributed by atoms with Crippen molar-refractivity contribution in [1.82, 2.24) is 14.9 Å². The Morgan fingerprint density at radius 3 is 2.55 bits per heavy atom. The zero-order valence-corrected chi connectivity index (χ0v) is 17.5. The molecule has 168 valence electrons. The van der Waals surface area contributed by atoms with Crippen LogP contribution in [0, 0.1) is 11.8 Å². The Kier molecular flexibility index (Phi) is 5.83. The summed E-state index contributed by atoms with van der Waals surface area (Å²) in [5.41, 5.74) is -0.398. The van der Waals surface area contributed by atoms with Crippen molar-refractivity contribution >= 4 is 0 Å². The molecule has 2 fully saturated rings. The van der Waals surface area contributed by atoms with E-state index in [-0.39, 0.29) is 17.8 Å². The molecule has 9 heteroatoms. The lowest BCUT2D eigenvalue weighted by molar-refractivity contribution is -0.137. The molecule has 6 nitrogen and oxygen atoms in total. The van der Waals surface area contributed by atoms with Gasteiger partial charge in [-0.3, -0.25) is 4.90 Å². The third-order valence-electron chi connectivity index (χ3n) is 6.52. The van der Waals surface area contributed by atoms with Gasteiger partial charge in [-0.05, 0) is 42.9 Å². The van der Waals surface area contributed by atoms with Crippen LogP contribution in [0.5, 0.6) is 11.9 Å². The van der Waals surface area contributed by atoms with Crippen LogP contribution in [0.3, 0.4) is 0 Å². The number of fused-ring (bicyclic) bond motifs is 1. The highest BCUT2D eigenvalue weighted by Gasteiger charge is 2.51. The Bertz CT molecular complexity index is 922. The molecule has 31 heavy (non-hydrogen) atoms. The highest BCUT2D eigenvalue weighted by molar-refractivity contribution is 5.33. The Labute approximate surface area is 179 Å². The van der Waals surface area contributed by atoms with Gasteiger partial charge in [-0.2, -0.15) is 18.2 Å². The first-order valence-electron chi connectivity index (χ1n) is 10.3. The number of benzene rings is 1. The van der Waals surface area contributed by atoms with Gasteiger partial charge in [-0.1, -0.05) is 12.1 Å². The maximum absolute atomic E-state index is 12.8. The molecule has 0 bridgehead atoms. The molecular weight excluding hydrogens is 411 g/mol. The first-order valence-corrected chi connectivity index (χ1v) is 10.3. The first-order chi connectivity index (χ1) is 14.7. The van der Waals surface area contributed by atoms with Crippen LogP contribution in [0.25, 0.3) is 0 Å². The van der Waals surface area contributed by atoms with Gasteiger partial charge in [0.1, 0.15) is 5.60 Å². The van der Waals surface area contributed by atoms with Crippen molar-refractivity contribution in [2.75, 3.05) is 27.3 Å². The zero-order chi connectivity index (χ0) is 22.2. The summed E-state index contributed by atoms with van der Waals surface area (Å²) in [4.78, 5) is 10.6. The molecule has 1 aliphatic heterocycles. The van der Waals surface area contributed by atoms with E-state index in [1.54, 1.807) is 6.20 Å². The first kappa shape index (κ1) is 21.8. The van der Waals surface area contributed by atoms with Crippen LogP contribution in [0.1, 0.15) is 36.0 Å². The van der Waals surface area contributed by atoms with Crippen LogP contribution in [0.15, 0.2) is 30.5 Å².